The summed E-state index contributed by atoms with van der Waals surface area (Å²) in [5.41, 5.74) is 0.788. The molecule has 0 aliphatic heterocycles. The van der Waals surface area contributed by atoms with E-state index in [1.165, 1.54) is 0 Å². The van der Waals surface area contributed by atoms with Crippen LogP contribution in [0.2, 0.25) is 5.04 Å². The molecule has 0 spiro atoms. The Morgan fingerprint density at radius 1 is 1.44 bits per heavy atom. The first-order valence-electron chi connectivity index (χ1n) is 6.25. The molecule has 1 N–H and O–H groups in total. The molecule has 0 atom stereocenters. The van der Waals surface area contributed by atoms with Gasteiger partial charge in [0.2, 0.25) is 9.76 Å². The summed E-state index contributed by atoms with van der Waals surface area (Å²) >= 11 is 0. The van der Waals surface area contributed by atoms with E-state index in [9.17, 15) is 4.79 Å². The van der Waals surface area contributed by atoms with Gasteiger partial charge in [0.15, 0.2) is 0 Å². The molecule has 0 bridgehead atoms. The van der Waals surface area contributed by atoms with Crippen LogP contribution in [0.4, 0.5) is 0 Å². The number of carbonyl (C=O) groups is 1. The number of carboxylic acid groups (broad SMARTS) is 1. The number of benzene rings is 1. The summed E-state index contributed by atoms with van der Waals surface area (Å²) in [6, 6.07) is 7.40. The molecule has 1 aromatic carbocycles. The Morgan fingerprint density at radius 2 is 2.11 bits per heavy atom. The van der Waals surface area contributed by atoms with Crippen molar-refractivity contribution in [1.82, 2.24) is 0 Å². The normalized spacial score (nSPS) is 12.3. The molecule has 0 radical (unpaired) electrons. The van der Waals surface area contributed by atoms with Crippen LogP contribution >= 0.6 is 0 Å². The van der Waals surface area contributed by atoms with Crippen LogP contribution in [0.15, 0.2) is 24.3 Å². The van der Waals surface area contributed by atoms with Crippen molar-refractivity contribution in [3.05, 3.63) is 29.8 Å². The summed E-state index contributed by atoms with van der Waals surface area (Å²) in [6.45, 7) is 8.87. The van der Waals surface area contributed by atoms with Crippen molar-refractivity contribution in [3.63, 3.8) is 0 Å². The predicted molar refractivity (Wildman–Crippen MR) is 75.8 cm³/mol. The molecule has 0 fully saturated rings. The summed E-state index contributed by atoms with van der Waals surface area (Å²) in [7, 11) is -0.697. The first-order valence-corrected chi connectivity index (χ1v) is 7.53. The zero-order chi connectivity index (χ0) is 13.8. The maximum Gasteiger partial charge on any atom is 0.307 e. The second kappa shape index (κ2) is 6.04. The van der Waals surface area contributed by atoms with Crippen molar-refractivity contribution in [2.24, 2.45) is 5.92 Å². The van der Waals surface area contributed by atoms with E-state index in [0.717, 1.165) is 11.3 Å². The monoisotopic (exact) mass is 266 g/mol. The quantitative estimate of drug-likeness (QED) is 0.805. The van der Waals surface area contributed by atoms with Crippen LogP contribution in [-0.4, -0.2) is 20.8 Å². The lowest BCUT2D eigenvalue weighted by molar-refractivity contribution is -0.136. The topological polar surface area (TPSA) is 46.5 Å². The first kappa shape index (κ1) is 14.8. The number of aliphatic carboxylic acids is 1. The van der Waals surface area contributed by atoms with Crippen molar-refractivity contribution < 1.29 is 14.3 Å². The smallest absolute Gasteiger partial charge is 0.307 e. The van der Waals surface area contributed by atoms with Crippen LogP contribution in [0, 0.1) is 5.92 Å². The molecular weight excluding hydrogens is 244 g/mol. The zero-order valence-electron chi connectivity index (χ0n) is 11.6. The molecule has 1 aromatic rings. The van der Waals surface area contributed by atoms with E-state index in [2.05, 4.69) is 27.7 Å². The van der Waals surface area contributed by atoms with E-state index in [1.807, 2.05) is 24.3 Å². The minimum absolute atomic E-state index is 0.0479. The summed E-state index contributed by atoms with van der Waals surface area (Å²) < 4.78 is 5.90. The Bertz CT molecular complexity index is 413. The summed E-state index contributed by atoms with van der Waals surface area (Å²) in [6.07, 6.45) is 0.0479. The van der Waals surface area contributed by atoms with Crippen LogP contribution < -0.4 is 4.43 Å². The summed E-state index contributed by atoms with van der Waals surface area (Å²) in [5.74, 6) is 0.576. The van der Waals surface area contributed by atoms with Crippen LogP contribution in [0.5, 0.6) is 5.75 Å². The van der Waals surface area contributed by atoms with Gasteiger partial charge in [0.25, 0.3) is 0 Å². The number of carboxylic acids is 1. The lowest BCUT2D eigenvalue weighted by Crippen LogP contribution is -2.24. The lowest BCUT2D eigenvalue weighted by atomic mass is 9.99. The second-order valence-electron chi connectivity index (χ2n) is 5.65. The van der Waals surface area contributed by atoms with Gasteiger partial charge >= 0.3 is 5.97 Å². The van der Waals surface area contributed by atoms with Crippen molar-refractivity contribution in [2.45, 2.75) is 39.2 Å². The summed E-state index contributed by atoms with van der Waals surface area (Å²) in [5, 5.41) is 9.00. The largest absolute Gasteiger partial charge is 0.549 e. The molecule has 0 heterocycles. The number of hydrogen-bond donors (Lipinski definition) is 1. The molecule has 0 saturated heterocycles. The van der Waals surface area contributed by atoms with Crippen LogP contribution in [-0.2, 0) is 11.2 Å². The van der Waals surface area contributed by atoms with Gasteiger partial charge in [0, 0.05) is 0 Å². The average Bonchev–Trinajstić information content (AvgIpc) is 2.26. The van der Waals surface area contributed by atoms with E-state index in [4.69, 9.17) is 9.53 Å². The third-order valence-electron chi connectivity index (χ3n) is 3.43. The Hall–Kier alpha value is -1.29. The van der Waals surface area contributed by atoms with Gasteiger partial charge < -0.3 is 9.53 Å². The molecular formula is C14H22O3Si. The van der Waals surface area contributed by atoms with Gasteiger partial charge in [-0.15, -0.1) is 0 Å². The van der Waals surface area contributed by atoms with E-state index >= 15 is 0 Å². The SMILES string of the molecule is CC(C)C(C)(C)[SiH2]Oc1cccc(CC(=O)O)c1. The fraction of sp³-hybridized carbons (Fsp3) is 0.500. The Labute approximate surface area is 111 Å². The van der Waals surface area contributed by atoms with Gasteiger partial charge in [0.1, 0.15) is 5.75 Å². The van der Waals surface area contributed by atoms with Gasteiger partial charge in [-0.25, -0.2) is 0 Å². The maximum atomic E-state index is 10.7. The van der Waals surface area contributed by atoms with Gasteiger partial charge in [-0.2, -0.15) is 0 Å². The molecule has 0 amide bonds. The van der Waals surface area contributed by atoms with E-state index in [1.54, 1.807) is 0 Å². The fourth-order valence-electron chi connectivity index (χ4n) is 1.36. The Kier molecular flexibility index (Phi) is 4.96. The van der Waals surface area contributed by atoms with Gasteiger partial charge in [-0.3, -0.25) is 4.79 Å². The standard InChI is InChI=1S/C14H22O3Si/c1-10(2)14(3,4)18-17-12-7-5-6-11(8-12)9-13(15)16/h5-8,10H,9,18H2,1-4H3,(H,15,16). The third kappa shape index (κ3) is 4.53. The summed E-state index contributed by atoms with van der Waals surface area (Å²) in [4.78, 5) is 10.7. The Morgan fingerprint density at radius 3 is 2.67 bits per heavy atom. The highest BCUT2D eigenvalue weighted by molar-refractivity contribution is 6.33. The van der Waals surface area contributed by atoms with E-state index < -0.39 is 15.7 Å². The lowest BCUT2D eigenvalue weighted by Gasteiger charge is -2.28. The van der Waals surface area contributed by atoms with Crippen LogP contribution in [0.1, 0.15) is 33.3 Å². The van der Waals surface area contributed by atoms with Gasteiger partial charge in [-0.1, -0.05) is 39.8 Å². The molecule has 0 aromatic heterocycles. The highest BCUT2D eigenvalue weighted by Gasteiger charge is 2.24. The van der Waals surface area contributed by atoms with E-state index in [0.29, 0.717) is 5.92 Å². The number of hydrogen-bond acceptors (Lipinski definition) is 2. The molecule has 0 aliphatic rings. The molecule has 3 nitrogen and oxygen atoms in total. The third-order valence-corrected chi connectivity index (χ3v) is 5.47. The molecule has 18 heavy (non-hydrogen) atoms. The van der Waals surface area contributed by atoms with Gasteiger partial charge in [-0.05, 0) is 28.7 Å². The van der Waals surface area contributed by atoms with Crippen molar-refractivity contribution >= 4 is 15.7 Å². The van der Waals surface area contributed by atoms with E-state index in [-0.39, 0.29) is 11.5 Å². The van der Waals surface area contributed by atoms with Crippen molar-refractivity contribution in [1.29, 1.82) is 0 Å². The minimum atomic E-state index is -0.813. The second-order valence-corrected chi connectivity index (χ2v) is 8.05. The molecule has 0 aliphatic carbocycles. The molecule has 0 saturated carbocycles. The Balaban J connectivity index is 2.65. The first-order chi connectivity index (χ1) is 8.31. The van der Waals surface area contributed by atoms with Crippen molar-refractivity contribution in [2.75, 3.05) is 0 Å². The predicted octanol–water partition coefficient (Wildman–Crippen LogP) is 2.63. The molecule has 0 unspecified atom stereocenters. The van der Waals surface area contributed by atoms with Crippen molar-refractivity contribution in [3.8, 4) is 5.75 Å². The van der Waals surface area contributed by atoms with Crippen LogP contribution in [0.3, 0.4) is 0 Å². The maximum absolute atomic E-state index is 10.7. The fourth-order valence-corrected chi connectivity index (χ4v) is 2.41. The molecule has 4 heteroatoms. The van der Waals surface area contributed by atoms with Gasteiger partial charge in [0.05, 0.1) is 6.42 Å². The van der Waals surface area contributed by atoms with Crippen LogP contribution in [0.25, 0.3) is 0 Å². The zero-order valence-corrected chi connectivity index (χ0v) is 13.0. The minimum Gasteiger partial charge on any atom is -0.549 e. The average molecular weight is 266 g/mol. The molecule has 100 valence electrons. The highest BCUT2D eigenvalue weighted by Crippen LogP contribution is 2.33. The molecule has 1 rings (SSSR count). The highest BCUT2D eigenvalue weighted by atomic mass is 28.2. The number of rotatable bonds is 6.